The Morgan fingerprint density at radius 1 is 1.29 bits per heavy atom. The first kappa shape index (κ1) is 8.90. The van der Waals surface area contributed by atoms with Gasteiger partial charge in [-0.2, -0.15) is 0 Å². The largest absolute Gasteiger partial charge is 0.396 e. The fourth-order valence-corrected chi connectivity index (χ4v) is 1.41. The van der Waals surface area contributed by atoms with E-state index in [-0.39, 0.29) is 6.61 Å². The van der Waals surface area contributed by atoms with Crippen LogP contribution in [0.25, 0.3) is 10.9 Å². The average Bonchev–Trinajstić information content (AvgIpc) is 2.20. The Kier molecular flexibility index (Phi) is 2.28. The van der Waals surface area contributed by atoms with Gasteiger partial charge in [-0.15, -0.1) is 0 Å². The van der Waals surface area contributed by atoms with Crippen LogP contribution in [0.5, 0.6) is 0 Å². The second-order valence-electron chi connectivity index (χ2n) is 3.08. The van der Waals surface area contributed by atoms with Crippen molar-refractivity contribution in [1.29, 1.82) is 0 Å². The molecule has 0 atom stereocenters. The fraction of sp³-hybridized carbons (Fsp3) is 0.200. The van der Waals surface area contributed by atoms with E-state index in [9.17, 15) is 0 Å². The standard InChI is InChI=1S/C10H11N3O/c11-10-8-5-7(3-4-14)1-2-9(8)12-6-13-10/h1-2,5-6,14H,3-4H2,(H2,11,12,13). The molecule has 0 aliphatic heterocycles. The van der Waals surface area contributed by atoms with E-state index in [1.165, 1.54) is 6.33 Å². The Morgan fingerprint density at radius 3 is 2.93 bits per heavy atom. The summed E-state index contributed by atoms with van der Waals surface area (Å²) in [7, 11) is 0. The number of nitrogens with zero attached hydrogens (tertiary/aromatic N) is 2. The number of hydrogen-bond acceptors (Lipinski definition) is 4. The first-order valence-corrected chi connectivity index (χ1v) is 4.41. The van der Waals surface area contributed by atoms with Gasteiger partial charge in [0.25, 0.3) is 0 Å². The van der Waals surface area contributed by atoms with Gasteiger partial charge in [0.05, 0.1) is 5.52 Å². The number of hydrogen-bond donors (Lipinski definition) is 2. The fourth-order valence-electron chi connectivity index (χ4n) is 1.41. The SMILES string of the molecule is Nc1ncnc2ccc(CCO)cc12. The molecule has 0 radical (unpaired) electrons. The molecule has 3 N–H and O–H groups in total. The van der Waals surface area contributed by atoms with E-state index in [1.54, 1.807) is 0 Å². The zero-order valence-corrected chi connectivity index (χ0v) is 7.64. The van der Waals surface area contributed by atoms with E-state index in [4.69, 9.17) is 10.8 Å². The van der Waals surface area contributed by atoms with E-state index >= 15 is 0 Å². The maximum absolute atomic E-state index is 8.80. The van der Waals surface area contributed by atoms with Crippen LogP contribution >= 0.6 is 0 Å². The monoisotopic (exact) mass is 189 g/mol. The molecular formula is C10H11N3O. The van der Waals surface area contributed by atoms with Gasteiger partial charge in [0.2, 0.25) is 0 Å². The summed E-state index contributed by atoms with van der Waals surface area (Å²) in [6.45, 7) is 0.138. The van der Waals surface area contributed by atoms with Gasteiger partial charge in [-0.1, -0.05) is 6.07 Å². The Balaban J connectivity index is 2.58. The van der Waals surface area contributed by atoms with Gasteiger partial charge in [-0.25, -0.2) is 9.97 Å². The molecule has 2 aromatic rings. The molecule has 0 bridgehead atoms. The summed E-state index contributed by atoms with van der Waals surface area (Å²) in [5.41, 5.74) is 7.58. The predicted octanol–water partition coefficient (Wildman–Crippen LogP) is 0.747. The molecule has 4 heteroatoms. The Labute approximate surface area is 81.4 Å². The summed E-state index contributed by atoms with van der Waals surface area (Å²) in [6.07, 6.45) is 2.08. The smallest absolute Gasteiger partial charge is 0.134 e. The quantitative estimate of drug-likeness (QED) is 0.731. The van der Waals surface area contributed by atoms with E-state index in [0.717, 1.165) is 16.5 Å². The molecule has 0 amide bonds. The number of benzene rings is 1. The van der Waals surface area contributed by atoms with Crippen LogP contribution in [-0.4, -0.2) is 21.7 Å². The normalized spacial score (nSPS) is 10.6. The lowest BCUT2D eigenvalue weighted by molar-refractivity contribution is 0.299. The predicted molar refractivity (Wildman–Crippen MR) is 54.7 cm³/mol. The first-order chi connectivity index (χ1) is 6.81. The Bertz CT molecular complexity index is 456. The minimum absolute atomic E-state index is 0.138. The molecule has 0 spiro atoms. The van der Waals surface area contributed by atoms with Gasteiger partial charge in [0.15, 0.2) is 0 Å². The maximum Gasteiger partial charge on any atom is 0.134 e. The van der Waals surface area contributed by atoms with Crippen LogP contribution in [-0.2, 0) is 6.42 Å². The highest BCUT2D eigenvalue weighted by atomic mass is 16.2. The number of anilines is 1. The molecule has 0 fully saturated rings. The average molecular weight is 189 g/mol. The number of aromatic nitrogens is 2. The Hall–Kier alpha value is -1.68. The summed E-state index contributed by atoms with van der Waals surface area (Å²) in [6, 6.07) is 5.74. The first-order valence-electron chi connectivity index (χ1n) is 4.41. The minimum atomic E-state index is 0.138. The van der Waals surface area contributed by atoms with Crippen molar-refractivity contribution in [2.75, 3.05) is 12.3 Å². The lowest BCUT2D eigenvalue weighted by Gasteiger charge is -2.02. The molecule has 4 nitrogen and oxygen atoms in total. The van der Waals surface area contributed by atoms with E-state index in [0.29, 0.717) is 12.2 Å². The molecule has 0 aliphatic rings. The van der Waals surface area contributed by atoms with Crippen molar-refractivity contribution in [3.05, 3.63) is 30.1 Å². The zero-order valence-electron chi connectivity index (χ0n) is 7.64. The summed E-state index contributed by atoms with van der Waals surface area (Å²) < 4.78 is 0. The second-order valence-corrected chi connectivity index (χ2v) is 3.08. The lowest BCUT2D eigenvalue weighted by atomic mass is 10.1. The number of nitrogens with two attached hydrogens (primary N) is 1. The third-order valence-corrected chi connectivity index (χ3v) is 2.13. The summed E-state index contributed by atoms with van der Waals surface area (Å²) in [5, 5.41) is 9.64. The topological polar surface area (TPSA) is 72.0 Å². The number of fused-ring (bicyclic) bond motifs is 1. The number of aliphatic hydroxyl groups is 1. The molecule has 0 unspecified atom stereocenters. The van der Waals surface area contributed by atoms with Crippen LogP contribution in [0.15, 0.2) is 24.5 Å². The van der Waals surface area contributed by atoms with Gasteiger partial charge in [0, 0.05) is 12.0 Å². The van der Waals surface area contributed by atoms with Crippen LogP contribution in [0.3, 0.4) is 0 Å². The van der Waals surface area contributed by atoms with Crippen molar-refractivity contribution < 1.29 is 5.11 Å². The van der Waals surface area contributed by atoms with Gasteiger partial charge in [0.1, 0.15) is 12.1 Å². The minimum Gasteiger partial charge on any atom is -0.396 e. The van der Waals surface area contributed by atoms with Crippen molar-refractivity contribution in [1.82, 2.24) is 9.97 Å². The van der Waals surface area contributed by atoms with Crippen LogP contribution in [0.2, 0.25) is 0 Å². The Morgan fingerprint density at radius 2 is 2.14 bits per heavy atom. The van der Waals surface area contributed by atoms with Crippen LogP contribution < -0.4 is 5.73 Å². The van der Waals surface area contributed by atoms with Crippen LogP contribution in [0, 0.1) is 0 Å². The van der Waals surface area contributed by atoms with Gasteiger partial charge < -0.3 is 10.8 Å². The molecule has 72 valence electrons. The van der Waals surface area contributed by atoms with Crippen molar-refractivity contribution in [3.63, 3.8) is 0 Å². The highest BCUT2D eigenvalue weighted by Gasteiger charge is 2.00. The van der Waals surface area contributed by atoms with Gasteiger partial charge >= 0.3 is 0 Å². The number of aliphatic hydroxyl groups excluding tert-OH is 1. The molecule has 1 heterocycles. The summed E-state index contributed by atoms with van der Waals surface area (Å²) in [5.74, 6) is 0.481. The number of nitrogen functional groups attached to an aromatic ring is 1. The van der Waals surface area contributed by atoms with E-state index in [2.05, 4.69) is 9.97 Å². The highest BCUT2D eigenvalue weighted by Crippen LogP contribution is 2.18. The molecule has 0 saturated carbocycles. The molecule has 1 aromatic carbocycles. The summed E-state index contributed by atoms with van der Waals surface area (Å²) in [4.78, 5) is 8.00. The molecule has 0 saturated heterocycles. The highest BCUT2D eigenvalue weighted by molar-refractivity contribution is 5.88. The molecule has 1 aromatic heterocycles. The molecule has 14 heavy (non-hydrogen) atoms. The molecule has 0 aliphatic carbocycles. The van der Waals surface area contributed by atoms with Gasteiger partial charge in [-0.05, 0) is 24.1 Å². The van der Waals surface area contributed by atoms with Gasteiger partial charge in [-0.3, -0.25) is 0 Å². The summed E-state index contributed by atoms with van der Waals surface area (Å²) >= 11 is 0. The van der Waals surface area contributed by atoms with E-state index in [1.807, 2.05) is 18.2 Å². The lowest BCUT2D eigenvalue weighted by Crippen LogP contribution is -1.95. The third kappa shape index (κ3) is 1.52. The maximum atomic E-state index is 8.80. The van der Waals surface area contributed by atoms with Crippen LogP contribution in [0.1, 0.15) is 5.56 Å². The van der Waals surface area contributed by atoms with Crippen molar-refractivity contribution in [2.24, 2.45) is 0 Å². The van der Waals surface area contributed by atoms with E-state index < -0.39 is 0 Å². The second kappa shape index (κ2) is 3.59. The van der Waals surface area contributed by atoms with Crippen molar-refractivity contribution in [2.45, 2.75) is 6.42 Å². The van der Waals surface area contributed by atoms with Crippen molar-refractivity contribution in [3.8, 4) is 0 Å². The molecular weight excluding hydrogens is 178 g/mol. The third-order valence-electron chi connectivity index (χ3n) is 2.13. The van der Waals surface area contributed by atoms with Crippen LogP contribution in [0.4, 0.5) is 5.82 Å². The van der Waals surface area contributed by atoms with Crippen molar-refractivity contribution >= 4 is 16.7 Å². The zero-order chi connectivity index (χ0) is 9.97. The number of rotatable bonds is 2. The molecule has 2 rings (SSSR count).